The van der Waals surface area contributed by atoms with Crippen LogP contribution in [0.1, 0.15) is 35.9 Å². The molecule has 3 heterocycles. The van der Waals surface area contributed by atoms with Gasteiger partial charge in [0.15, 0.2) is 0 Å². The monoisotopic (exact) mass is 446 g/mol. The van der Waals surface area contributed by atoms with Crippen LogP contribution in [0.25, 0.3) is 0 Å². The lowest BCUT2D eigenvalue weighted by Crippen LogP contribution is -2.38. The fraction of sp³-hybridized carbons (Fsp3) is 0.333. The van der Waals surface area contributed by atoms with Gasteiger partial charge in [-0.15, -0.1) is 11.3 Å². The molecule has 164 valence electrons. The predicted molar refractivity (Wildman–Crippen MR) is 127 cm³/mol. The van der Waals surface area contributed by atoms with Crippen molar-refractivity contribution >= 4 is 34.7 Å². The standard InChI is InChI=1S/C24H26N6OS/c1-2-5-18-13-22(29-24(27-18)28-19-7-3-6-17(12-19)15-25)30-10-9-20(16-30)26-23(31)14-21-8-4-11-32-21/h3-4,6-8,11-13,20H,2,5,9-10,14,16H2,1H3,(H,26,31)(H,27,28,29). The fourth-order valence-corrected chi connectivity index (χ4v) is 4.52. The topological polar surface area (TPSA) is 93.9 Å². The first-order valence-electron chi connectivity index (χ1n) is 10.8. The molecule has 1 atom stereocenters. The van der Waals surface area contributed by atoms with Crippen LogP contribution < -0.4 is 15.5 Å². The average Bonchev–Trinajstić information content (AvgIpc) is 3.46. The molecule has 1 unspecified atom stereocenters. The highest BCUT2D eigenvalue weighted by atomic mass is 32.1. The van der Waals surface area contributed by atoms with Crippen molar-refractivity contribution in [3.63, 3.8) is 0 Å². The van der Waals surface area contributed by atoms with E-state index in [9.17, 15) is 4.79 Å². The molecule has 1 fully saturated rings. The lowest BCUT2D eigenvalue weighted by Gasteiger charge is -2.20. The van der Waals surface area contributed by atoms with Crippen LogP contribution in [0, 0.1) is 11.3 Å². The SMILES string of the molecule is CCCc1cc(N2CCC(NC(=O)Cc3cccs3)C2)nc(Nc2cccc(C#N)c2)n1. The number of hydrogen-bond donors (Lipinski definition) is 2. The molecule has 32 heavy (non-hydrogen) atoms. The van der Waals surface area contributed by atoms with Crippen LogP contribution in [0.4, 0.5) is 17.5 Å². The maximum Gasteiger partial charge on any atom is 0.229 e. The highest BCUT2D eigenvalue weighted by Crippen LogP contribution is 2.23. The van der Waals surface area contributed by atoms with Crippen molar-refractivity contribution in [1.29, 1.82) is 5.26 Å². The Labute approximate surface area is 192 Å². The summed E-state index contributed by atoms with van der Waals surface area (Å²) in [6, 6.07) is 15.5. The van der Waals surface area contributed by atoms with Gasteiger partial charge in [-0.25, -0.2) is 4.98 Å². The Kier molecular flexibility index (Phi) is 6.97. The van der Waals surface area contributed by atoms with Crippen LogP contribution in [0.15, 0.2) is 47.8 Å². The third-order valence-electron chi connectivity index (χ3n) is 5.31. The molecule has 1 aliphatic rings. The van der Waals surface area contributed by atoms with Crippen molar-refractivity contribution in [2.75, 3.05) is 23.3 Å². The van der Waals surface area contributed by atoms with Crippen molar-refractivity contribution in [2.45, 2.75) is 38.6 Å². The number of aryl methyl sites for hydroxylation is 1. The second kappa shape index (κ2) is 10.2. The van der Waals surface area contributed by atoms with Gasteiger partial charge < -0.3 is 15.5 Å². The minimum Gasteiger partial charge on any atom is -0.354 e. The second-order valence-corrected chi connectivity index (χ2v) is 8.90. The minimum absolute atomic E-state index is 0.0633. The molecule has 0 radical (unpaired) electrons. The zero-order valence-corrected chi connectivity index (χ0v) is 18.9. The largest absolute Gasteiger partial charge is 0.354 e. The van der Waals surface area contributed by atoms with Crippen molar-refractivity contribution in [2.24, 2.45) is 0 Å². The van der Waals surface area contributed by atoms with E-state index in [1.165, 1.54) is 0 Å². The molecule has 0 spiro atoms. The number of nitrogens with one attached hydrogen (secondary N) is 2. The van der Waals surface area contributed by atoms with E-state index in [2.05, 4.69) is 33.5 Å². The first-order valence-corrected chi connectivity index (χ1v) is 11.7. The van der Waals surface area contributed by atoms with Crippen LogP contribution in [-0.2, 0) is 17.6 Å². The van der Waals surface area contributed by atoms with Gasteiger partial charge in [0.05, 0.1) is 18.1 Å². The molecule has 7 nitrogen and oxygen atoms in total. The molecular weight excluding hydrogens is 420 g/mol. The van der Waals surface area contributed by atoms with Crippen molar-refractivity contribution in [3.8, 4) is 6.07 Å². The zero-order chi connectivity index (χ0) is 22.3. The maximum atomic E-state index is 12.4. The van der Waals surface area contributed by atoms with Crippen LogP contribution in [-0.4, -0.2) is 35.0 Å². The van der Waals surface area contributed by atoms with Gasteiger partial charge in [0.25, 0.3) is 0 Å². The molecule has 0 bridgehead atoms. The molecule has 4 rings (SSSR count). The van der Waals surface area contributed by atoms with Gasteiger partial charge in [-0.05, 0) is 42.5 Å². The number of aromatic nitrogens is 2. The quantitative estimate of drug-likeness (QED) is 0.542. The number of amides is 1. The van der Waals surface area contributed by atoms with Gasteiger partial charge >= 0.3 is 0 Å². The summed E-state index contributed by atoms with van der Waals surface area (Å²) in [4.78, 5) is 25.0. The van der Waals surface area contributed by atoms with Gasteiger partial charge in [0.2, 0.25) is 11.9 Å². The maximum absolute atomic E-state index is 12.4. The molecule has 0 saturated carbocycles. The third kappa shape index (κ3) is 5.62. The van der Waals surface area contributed by atoms with Crippen molar-refractivity contribution in [3.05, 3.63) is 64.0 Å². The summed E-state index contributed by atoms with van der Waals surface area (Å²) in [7, 11) is 0. The second-order valence-electron chi connectivity index (χ2n) is 7.86. The highest BCUT2D eigenvalue weighted by Gasteiger charge is 2.25. The Morgan fingerprint density at radius 1 is 1.28 bits per heavy atom. The molecule has 1 amide bonds. The normalized spacial score (nSPS) is 15.4. The summed E-state index contributed by atoms with van der Waals surface area (Å²) in [6.07, 6.45) is 3.16. The van der Waals surface area contributed by atoms with E-state index in [0.29, 0.717) is 17.9 Å². The van der Waals surface area contributed by atoms with Crippen LogP contribution >= 0.6 is 11.3 Å². The third-order valence-corrected chi connectivity index (χ3v) is 6.19. The Bertz CT molecular complexity index is 1110. The molecule has 3 aromatic rings. The van der Waals surface area contributed by atoms with Gasteiger partial charge in [-0.3, -0.25) is 4.79 Å². The Balaban J connectivity index is 1.45. The number of carbonyl (C=O) groups is 1. The summed E-state index contributed by atoms with van der Waals surface area (Å²) in [5.41, 5.74) is 2.34. The molecular formula is C24H26N6OS. The number of rotatable bonds is 8. The summed E-state index contributed by atoms with van der Waals surface area (Å²) >= 11 is 1.60. The van der Waals surface area contributed by atoms with E-state index < -0.39 is 0 Å². The number of anilines is 3. The van der Waals surface area contributed by atoms with Gasteiger partial charge in [0.1, 0.15) is 5.82 Å². The molecule has 2 N–H and O–H groups in total. The number of thiophene rings is 1. The van der Waals surface area contributed by atoms with Crippen molar-refractivity contribution < 1.29 is 4.79 Å². The number of carbonyl (C=O) groups excluding carboxylic acids is 1. The van der Waals surface area contributed by atoms with Gasteiger partial charge in [-0.2, -0.15) is 10.2 Å². The van der Waals surface area contributed by atoms with Crippen LogP contribution in [0.2, 0.25) is 0 Å². The lowest BCUT2D eigenvalue weighted by atomic mass is 10.2. The number of nitriles is 1. The summed E-state index contributed by atoms with van der Waals surface area (Å²) in [5, 5.41) is 17.5. The van der Waals surface area contributed by atoms with E-state index in [-0.39, 0.29) is 11.9 Å². The first-order chi connectivity index (χ1) is 15.6. The zero-order valence-electron chi connectivity index (χ0n) is 18.0. The van der Waals surface area contributed by atoms with E-state index in [1.807, 2.05) is 35.7 Å². The van der Waals surface area contributed by atoms with E-state index >= 15 is 0 Å². The summed E-state index contributed by atoms with van der Waals surface area (Å²) in [5.74, 6) is 1.44. The highest BCUT2D eigenvalue weighted by molar-refractivity contribution is 7.10. The average molecular weight is 447 g/mol. The summed E-state index contributed by atoms with van der Waals surface area (Å²) in [6.45, 7) is 3.68. The Morgan fingerprint density at radius 3 is 2.97 bits per heavy atom. The van der Waals surface area contributed by atoms with Crippen LogP contribution in [0.3, 0.4) is 0 Å². The van der Waals surface area contributed by atoms with E-state index in [4.69, 9.17) is 10.2 Å². The minimum atomic E-state index is 0.0633. The smallest absolute Gasteiger partial charge is 0.229 e. The molecule has 8 heteroatoms. The fourth-order valence-electron chi connectivity index (χ4n) is 3.82. The molecule has 1 aliphatic heterocycles. The molecule has 1 aromatic carbocycles. The Hall–Kier alpha value is -3.44. The molecule has 2 aromatic heterocycles. The first kappa shape index (κ1) is 21.8. The lowest BCUT2D eigenvalue weighted by molar-refractivity contribution is -0.120. The number of nitrogens with zero attached hydrogens (tertiary/aromatic N) is 4. The molecule has 1 saturated heterocycles. The predicted octanol–water partition coefficient (Wildman–Crippen LogP) is 4.04. The molecule has 0 aliphatic carbocycles. The van der Waals surface area contributed by atoms with Gasteiger partial charge in [0, 0.05) is 41.5 Å². The summed E-state index contributed by atoms with van der Waals surface area (Å²) < 4.78 is 0. The van der Waals surface area contributed by atoms with Crippen molar-refractivity contribution in [1.82, 2.24) is 15.3 Å². The van der Waals surface area contributed by atoms with Crippen LogP contribution in [0.5, 0.6) is 0 Å². The Morgan fingerprint density at radius 2 is 2.19 bits per heavy atom. The van der Waals surface area contributed by atoms with Gasteiger partial charge in [-0.1, -0.05) is 25.5 Å². The van der Waals surface area contributed by atoms with E-state index in [1.54, 1.807) is 23.5 Å². The number of hydrogen-bond acceptors (Lipinski definition) is 7. The van der Waals surface area contributed by atoms with E-state index in [0.717, 1.165) is 54.4 Å². The number of benzene rings is 1.